The predicted molar refractivity (Wildman–Crippen MR) is 121 cm³/mol. The van der Waals surface area contributed by atoms with Gasteiger partial charge in [0, 0.05) is 29.8 Å². The Bertz CT molecular complexity index is 1100. The third-order valence-corrected chi connectivity index (χ3v) is 5.16. The number of rotatable bonds is 9. The minimum atomic E-state index is -0.501. The van der Waals surface area contributed by atoms with Gasteiger partial charge in [-0.05, 0) is 42.1 Å². The number of para-hydroxylation sites is 1. The molecule has 0 aliphatic carbocycles. The summed E-state index contributed by atoms with van der Waals surface area (Å²) in [6, 6.07) is 14.6. The summed E-state index contributed by atoms with van der Waals surface area (Å²) in [6.07, 6.45) is 2.79. The summed E-state index contributed by atoms with van der Waals surface area (Å²) in [7, 11) is 0. The topological polar surface area (TPSA) is 92.2 Å². The Kier molecular flexibility index (Phi) is 7.92. The first-order chi connectivity index (χ1) is 14.9. The Morgan fingerprint density at radius 1 is 0.871 bits per heavy atom. The van der Waals surface area contributed by atoms with Gasteiger partial charge in [-0.15, -0.1) is 0 Å². The molecule has 0 fully saturated rings. The lowest BCUT2D eigenvalue weighted by Crippen LogP contribution is -2.42. The summed E-state index contributed by atoms with van der Waals surface area (Å²) >= 11 is 11.8. The Hall–Kier alpha value is -3.03. The fourth-order valence-corrected chi connectivity index (χ4v) is 3.54. The highest BCUT2D eigenvalue weighted by atomic mass is 35.5. The van der Waals surface area contributed by atoms with Crippen LogP contribution in [0.25, 0.3) is 10.9 Å². The Morgan fingerprint density at radius 3 is 2.42 bits per heavy atom. The standard InChI is InChI=1S/C22H22Cl2N4O3/c23-16-6-7-17(18(24)12-16)22(31)27-14-21(30)26-13-20(29)25-9-3-10-28-11-8-15-4-1-2-5-19(15)28/h1-2,4-8,11-12H,3,9-10,13-14H2,(H,25,29)(H,26,30)(H,27,31). The molecule has 0 aliphatic heterocycles. The van der Waals surface area contributed by atoms with Gasteiger partial charge in [0.1, 0.15) is 0 Å². The minimum Gasteiger partial charge on any atom is -0.355 e. The second-order valence-electron chi connectivity index (χ2n) is 6.86. The van der Waals surface area contributed by atoms with Crippen LogP contribution in [0.15, 0.2) is 54.7 Å². The van der Waals surface area contributed by atoms with E-state index in [1.54, 1.807) is 0 Å². The zero-order chi connectivity index (χ0) is 22.2. The highest BCUT2D eigenvalue weighted by Gasteiger charge is 2.12. The summed E-state index contributed by atoms with van der Waals surface area (Å²) in [5, 5.41) is 9.47. The van der Waals surface area contributed by atoms with Crippen LogP contribution in [0.4, 0.5) is 0 Å². The smallest absolute Gasteiger partial charge is 0.253 e. The van der Waals surface area contributed by atoms with E-state index in [-0.39, 0.29) is 29.6 Å². The molecule has 0 atom stereocenters. The lowest BCUT2D eigenvalue weighted by Gasteiger charge is -2.09. The summed E-state index contributed by atoms with van der Waals surface area (Å²) in [6.45, 7) is 0.834. The molecular weight excluding hydrogens is 439 g/mol. The first kappa shape index (κ1) is 22.7. The predicted octanol–water partition coefficient (Wildman–Crippen LogP) is 3.00. The van der Waals surface area contributed by atoms with Crippen LogP contribution < -0.4 is 16.0 Å². The van der Waals surface area contributed by atoms with Gasteiger partial charge < -0.3 is 20.5 Å². The maximum Gasteiger partial charge on any atom is 0.253 e. The van der Waals surface area contributed by atoms with Crippen molar-refractivity contribution in [3.05, 3.63) is 70.3 Å². The number of benzene rings is 2. The number of aryl methyl sites for hydroxylation is 1. The van der Waals surface area contributed by atoms with Crippen molar-refractivity contribution in [3.63, 3.8) is 0 Å². The fraction of sp³-hybridized carbons (Fsp3) is 0.227. The van der Waals surface area contributed by atoms with Gasteiger partial charge in [-0.25, -0.2) is 0 Å². The molecule has 3 aromatic rings. The van der Waals surface area contributed by atoms with Crippen molar-refractivity contribution in [2.75, 3.05) is 19.6 Å². The molecule has 3 amide bonds. The van der Waals surface area contributed by atoms with Crippen LogP contribution in [0.1, 0.15) is 16.8 Å². The maximum atomic E-state index is 12.1. The van der Waals surface area contributed by atoms with Gasteiger partial charge in [0.05, 0.1) is 23.7 Å². The van der Waals surface area contributed by atoms with Crippen LogP contribution in [-0.2, 0) is 16.1 Å². The van der Waals surface area contributed by atoms with Gasteiger partial charge in [0.25, 0.3) is 5.91 Å². The molecule has 3 rings (SSSR count). The molecule has 0 saturated heterocycles. The third kappa shape index (κ3) is 6.47. The van der Waals surface area contributed by atoms with Gasteiger partial charge >= 0.3 is 0 Å². The van der Waals surface area contributed by atoms with E-state index in [1.807, 2.05) is 18.3 Å². The SMILES string of the molecule is O=C(CNC(=O)CNC(=O)c1ccc(Cl)cc1Cl)NCCCn1ccc2ccccc21. The first-order valence-electron chi connectivity index (χ1n) is 9.74. The number of hydrogen-bond donors (Lipinski definition) is 3. The molecule has 9 heteroatoms. The van der Waals surface area contributed by atoms with Crippen molar-refractivity contribution >= 4 is 51.8 Å². The van der Waals surface area contributed by atoms with Crippen molar-refractivity contribution in [2.24, 2.45) is 0 Å². The molecule has 0 aliphatic rings. The molecule has 0 spiro atoms. The lowest BCUT2D eigenvalue weighted by molar-refractivity contribution is -0.125. The fourth-order valence-electron chi connectivity index (χ4n) is 3.05. The van der Waals surface area contributed by atoms with E-state index in [2.05, 4.69) is 38.7 Å². The second kappa shape index (κ2) is 10.8. The molecule has 3 N–H and O–H groups in total. The van der Waals surface area contributed by atoms with Crippen LogP contribution in [0.3, 0.4) is 0 Å². The van der Waals surface area contributed by atoms with Crippen molar-refractivity contribution in [1.29, 1.82) is 0 Å². The summed E-state index contributed by atoms with van der Waals surface area (Å²) in [5.41, 5.74) is 1.37. The van der Waals surface area contributed by atoms with Crippen molar-refractivity contribution < 1.29 is 14.4 Å². The second-order valence-corrected chi connectivity index (χ2v) is 7.70. The van der Waals surface area contributed by atoms with Crippen LogP contribution in [0.2, 0.25) is 10.0 Å². The molecule has 0 bridgehead atoms. The summed E-state index contributed by atoms with van der Waals surface area (Å²) in [4.78, 5) is 35.8. The molecule has 2 aromatic carbocycles. The highest BCUT2D eigenvalue weighted by molar-refractivity contribution is 6.36. The first-order valence-corrected chi connectivity index (χ1v) is 10.5. The Balaban J connectivity index is 1.32. The van der Waals surface area contributed by atoms with E-state index in [9.17, 15) is 14.4 Å². The minimum absolute atomic E-state index is 0.164. The lowest BCUT2D eigenvalue weighted by atomic mass is 10.2. The molecule has 0 radical (unpaired) electrons. The van der Waals surface area contributed by atoms with Gasteiger partial charge in [-0.1, -0.05) is 41.4 Å². The van der Waals surface area contributed by atoms with E-state index >= 15 is 0 Å². The largest absolute Gasteiger partial charge is 0.355 e. The summed E-state index contributed by atoms with van der Waals surface area (Å²) < 4.78 is 2.14. The van der Waals surface area contributed by atoms with Crippen LogP contribution >= 0.6 is 23.2 Å². The summed E-state index contributed by atoms with van der Waals surface area (Å²) in [5.74, 6) is -1.27. The van der Waals surface area contributed by atoms with E-state index in [0.717, 1.165) is 18.5 Å². The normalized spacial score (nSPS) is 10.6. The molecule has 1 heterocycles. The Morgan fingerprint density at radius 2 is 1.61 bits per heavy atom. The van der Waals surface area contributed by atoms with Gasteiger partial charge in [0.15, 0.2) is 0 Å². The van der Waals surface area contributed by atoms with E-state index in [4.69, 9.17) is 23.2 Å². The number of aromatic nitrogens is 1. The zero-order valence-electron chi connectivity index (χ0n) is 16.7. The highest BCUT2D eigenvalue weighted by Crippen LogP contribution is 2.20. The number of carbonyl (C=O) groups is 3. The molecule has 7 nitrogen and oxygen atoms in total. The van der Waals surface area contributed by atoms with Gasteiger partial charge in [-0.3, -0.25) is 14.4 Å². The van der Waals surface area contributed by atoms with Crippen LogP contribution in [0.5, 0.6) is 0 Å². The number of nitrogens with one attached hydrogen (secondary N) is 3. The molecule has 0 saturated carbocycles. The number of fused-ring (bicyclic) bond motifs is 1. The molecule has 0 unspecified atom stereocenters. The molecule has 1 aromatic heterocycles. The quantitative estimate of drug-likeness (QED) is 0.428. The van der Waals surface area contributed by atoms with E-state index in [1.165, 1.54) is 23.6 Å². The van der Waals surface area contributed by atoms with Crippen molar-refractivity contribution in [1.82, 2.24) is 20.5 Å². The number of hydrogen-bond acceptors (Lipinski definition) is 3. The average Bonchev–Trinajstić information content (AvgIpc) is 3.16. The number of carbonyl (C=O) groups excluding carboxylic acids is 3. The molecule has 31 heavy (non-hydrogen) atoms. The number of nitrogens with zero attached hydrogens (tertiary/aromatic N) is 1. The Labute approximate surface area is 189 Å². The monoisotopic (exact) mass is 460 g/mol. The van der Waals surface area contributed by atoms with Crippen LogP contribution in [0, 0.1) is 0 Å². The van der Waals surface area contributed by atoms with E-state index in [0.29, 0.717) is 11.6 Å². The molecule has 162 valence electrons. The third-order valence-electron chi connectivity index (χ3n) is 4.61. The van der Waals surface area contributed by atoms with E-state index < -0.39 is 11.8 Å². The molecular formula is C22H22Cl2N4O3. The van der Waals surface area contributed by atoms with Crippen LogP contribution in [-0.4, -0.2) is 41.9 Å². The van der Waals surface area contributed by atoms with Gasteiger partial charge in [-0.2, -0.15) is 0 Å². The number of amides is 3. The number of halogens is 2. The zero-order valence-corrected chi connectivity index (χ0v) is 18.2. The average molecular weight is 461 g/mol. The van der Waals surface area contributed by atoms with Crippen molar-refractivity contribution in [2.45, 2.75) is 13.0 Å². The maximum absolute atomic E-state index is 12.1. The van der Waals surface area contributed by atoms with Crippen molar-refractivity contribution in [3.8, 4) is 0 Å². The van der Waals surface area contributed by atoms with Gasteiger partial charge in [0.2, 0.25) is 11.8 Å².